The van der Waals surface area contributed by atoms with Crippen molar-refractivity contribution in [2.24, 2.45) is 16.8 Å². The molecular weight excluding hydrogens is 773 g/mol. The summed E-state index contributed by atoms with van der Waals surface area (Å²) in [7, 11) is 1.74. The lowest BCUT2D eigenvalue weighted by atomic mass is 9.81. The third-order valence-electron chi connectivity index (χ3n) is 11.3. The Morgan fingerprint density at radius 2 is 1.49 bits per heavy atom. The van der Waals surface area contributed by atoms with E-state index in [2.05, 4.69) is 26.3 Å². The summed E-state index contributed by atoms with van der Waals surface area (Å²) in [5, 5.41) is 12.1. The fourth-order valence-electron chi connectivity index (χ4n) is 7.72. The summed E-state index contributed by atoms with van der Waals surface area (Å²) in [5.74, 6) is -0.672. The van der Waals surface area contributed by atoms with Crippen molar-refractivity contribution in [3.63, 3.8) is 0 Å². The number of nitrogens with zero attached hydrogens (tertiary/aromatic N) is 2. The zero-order valence-electron chi connectivity index (χ0n) is 37.1. The number of benzene rings is 3. The number of nitrogens with one attached hydrogen (secondary N) is 4. The number of amides is 5. The van der Waals surface area contributed by atoms with Gasteiger partial charge in [-0.05, 0) is 145 Å². The molecule has 5 rings (SSSR count). The van der Waals surface area contributed by atoms with Crippen molar-refractivity contribution in [1.82, 2.24) is 20.9 Å². The lowest BCUT2D eigenvalue weighted by Crippen LogP contribution is -2.48. The molecule has 0 radical (unpaired) electrons. The van der Waals surface area contributed by atoms with E-state index >= 15 is 0 Å². The van der Waals surface area contributed by atoms with Gasteiger partial charge in [0.1, 0.15) is 11.6 Å². The van der Waals surface area contributed by atoms with E-state index in [0.717, 1.165) is 46.4 Å². The SMILES string of the molecule is CN=C(C)c1ccc(NC(=O)C(Cc2ccc(C)c(-c3ccc(C(=O)NC4CCN(C(=O)OC(C)C)CC4)cc3)c2)NC(=O)C2CCC(CNC(=O)OC(C)(C)C)CC2)cc1. The number of hydrogen-bond donors (Lipinski definition) is 4. The molecule has 0 spiro atoms. The number of anilines is 1. The van der Waals surface area contributed by atoms with E-state index in [1.807, 2.05) is 115 Å². The quantitative estimate of drug-likeness (QED) is 0.127. The number of aryl methyl sites for hydroxylation is 1. The van der Waals surface area contributed by atoms with Crippen LogP contribution in [0.25, 0.3) is 11.1 Å². The Labute approximate surface area is 360 Å². The normalized spacial score (nSPS) is 17.9. The van der Waals surface area contributed by atoms with Gasteiger partial charge < -0.3 is 35.6 Å². The van der Waals surface area contributed by atoms with Crippen molar-refractivity contribution in [1.29, 1.82) is 0 Å². The average molecular weight is 837 g/mol. The van der Waals surface area contributed by atoms with Crippen LogP contribution in [0.3, 0.4) is 0 Å². The summed E-state index contributed by atoms with van der Waals surface area (Å²) >= 11 is 0. The predicted octanol–water partition coefficient (Wildman–Crippen LogP) is 7.84. The number of rotatable bonds is 13. The van der Waals surface area contributed by atoms with Gasteiger partial charge in [-0.25, -0.2) is 9.59 Å². The van der Waals surface area contributed by atoms with Gasteiger partial charge in [-0.2, -0.15) is 0 Å². The molecule has 1 aliphatic carbocycles. The maximum absolute atomic E-state index is 14.0. The van der Waals surface area contributed by atoms with Crippen LogP contribution < -0.4 is 21.3 Å². The molecule has 61 heavy (non-hydrogen) atoms. The number of hydrogen-bond acceptors (Lipinski definition) is 8. The molecule has 2 aliphatic rings. The maximum Gasteiger partial charge on any atom is 0.410 e. The van der Waals surface area contributed by atoms with E-state index in [4.69, 9.17) is 9.47 Å². The van der Waals surface area contributed by atoms with Crippen LogP contribution in [0.5, 0.6) is 0 Å². The van der Waals surface area contributed by atoms with Gasteiger partial charge in [0.25, 0.3) is 5.91 Å². The number of ether oxygens (including phenoxy) is 2. The Morgan fingerprint density at radius 1 is 0.852 bits per heavy atom. The van der Waals surface area contributed by atoms with Crippen molar-refractivity contribution in [2.45, 2.75) is 117 Å². The van der Waals surface area contributed by atoms with E-state index in [-0.39, 0.29) is 54.2 Å². The van der Waals surface area contributed by atoms with Crippen molar-refractivity contribution >= 4 is 41.3 Å². The standard InChI is InChI=1S/C48H64N6O7/c1-30(2)60-47(59)54-25-23-40(24-26-54)51-43(55)38-17-15-36(16-18-38)41-27-34(10-9-31(41)3)28-42(45(57)52-39-21-19-35(20-22-39)32(4)49-8)53-44(56)37-13-11-33(12-14-37)29-50-46(58)61-48(5,6)7/h9-10,15-22,27,30,33,37,40,42H,11-14,23-26,28-29H2,1-8H3,(H,50,58)(H,51,55)(H,52,57)(H,53,56). The fourth-order valence-corrected chi connectivity index (χ4v) is 7.72. The van der Waals surface area contributed by atoms with Crippen LogP contribution in [0.15, 0.2) is 71.7 Å². The summed E-state index contributed by atoms with van der Waals surface area (Å²) in [5.41, 5.74) is 6.17. The number of carbonyl (C=O) groups excluding carboxylic acids is 5. The minimum absolute atomic E-state index is 0.0398. The monoisotopic (exact) mass is 836 g/mol. The Kier molecular flexibility index (Phi) is 16.1. The molecular formula is C48H64N6O7. The second-order valence-corrected chi connectivity index (χ2v) is 17.6. The van der Waals surface area contributed by atoms with Gasteiger partial charge in [-0.1, -0.05) is 42.5 Å². The van der Waals surface area contributed by atoms with Gasteiger partial charge in [-0.3, -0.25) is 19.4 Å². The molecule has 2 fully saturated rings. The van der Waals surface area contributed by atoms with Gasteiger partial charge in [-0.15, -0.1) is 0 Å². The summed E-state index contributed by atoms with van der Waals surface area (Å²) in [6.07, 6.45) is 3.46. The second-order valence-electron chi connectivity index (χ2n) is 17.6. The Hall–Kier alpha value is -5.72. The van der Waals surface area contributed by atoms with Gasteiger partial charge in [0, 0.05) is 62.0 Å². The highest BCUT2D eigenvalue weighted by Crippen LogP contribution is 2.30. The molecule has 328 valence electrons. The predicted molar refractivity (Wildman–Crippen MR) is 239 cm³/mol. The smallest absolute Gasteiger partial charge is 0.410 e. The zero-order chi connectivity index (χ0) is 44.3. The van der Waals surface area contributed by atoms with Crippen molar-refractivity contribution in [3.8, 4) is 11.1 Å². The Balaban J connectivity index is 1.24. The molecule has 13 heteroatoms. The van der Waals surface area contributed by atoms with Crippen molar-refractivity contribution in [2.75, 3.05) is 32.0 Å². The van der Waals surface area contributed by atoms with E-state index < -0.39 is 17.7 Å². The topological polar surface area (TPSA) is 168 Å². The molecule has 5 amide bonds. The Morgan fingerprint density at radius 3 is 2.10 bits per heavy atom. The summed E-state index contributed by atoms with van der Waals surface area (Å²) < 4.78 is 10.7. The minimum Gasteiger partial charge on any atom is -0.447 e. The fraction of sp³-hybridized carbons (Fsp3) is 0.500. The van der Waals surface area contributed by atoms with E-state index in [9.17, 15) is 24.0 Å². The average Bonchev–Trinajstić information content (AvgIpc) is 3.23. The summed E-state index contributed by atoms with van der Waals surface area (Å²) in [4.78, 5) is 71.4. The van der Waals surface area contributed by atoms with Crippen LogP contribution >= 0.6 is 0 Å². The molecule has 0 aromatic heterocycles. The maximum atomic E-state index is 14.0. The molecule has 1 saturated heterocycles. The largest absolute Gasteiger partial charge is 0.447 e. The first-order chi connectivity index (χ1) is 29.0. The van der Waals surface area contributed by atoms with E-state index in [1.165, 1.54) is 0 Å². The molecule has 1 aliphatic heterocycles. The highest BCUT2D eigenvalue weighted by Gasteiger charge is 2.31. The summed E-state index contributed by atoms with van der Waals surface area (Å²) in [6.45, 7) is 14.6. The molecule has 1 unspecified atom stereocenters. The van der Waals surface area contributed by atoms with Gasteiger partial charge in [0.05, 0.1) is 6.10 Å². The van der Waals surface area contributed by atoms with Gasteiger partial charge in [0.15, 0.2) is 0 Å². The minimum atomic E-state index is -0.855. The van der Waals surface area contributed by atoms with Crippen LogP contribution in [0.1, 0.15) is 107 Å². The highest BCUT2D eigenvalue weighted by atomic mass is 16.6. The lowest BCUT2D eigenvalue weighted by Gasteiger charge is -2.32. The second kappa shape index (κ2) is 21.2. The van der Waals surface area contributed by atoms with Crippen LogP contribution in [0.2, 0.25) is 0 Å². The third kappa shape index (κ3) is 13.9. The number of alkyl carbamates (subject to hydrolysis) is 1. The van der Waals surface area contributed by atoms with Crippen LogP contribution in [0.4, 0.5) is 15.3 Å². The molecule has 1 atom stereocenters. The number of likely N-dealkylation sites (tertiary alicyclic amines) is 1. The molecule has 0 bridgehead atoms. The third-order valence-corrected chi connectivity index (χ3v) is 11.3. The van der Waals surface area contributed by atoms with Crippen molar-refractivity contribution < 1.29 is 33.4 Å². The van der Waals surface area contributed by atoms with Gasteiger partial charge >= 0.3 is 12.2 Å². The molecule has 4 N–H and O–H groups in total. The first kappa shape index (κ1) is 46.3. The Bertz CT molecular complexity index is 2020. The number of carbonyl (C=O) groups is 5. The van der Waals surface area contributed by atoms with E-state index in [1.54, 1.807) is 11.9 Å². The lowest BCUT2D eigenvalue weighted by molar-refractivity contribution is -0.130. The first-order valence-electron chi connectivity index (χ1n) is 21.6. The molecule has 1 saturated carbocycles. The molecule has 3 aromatic carbocycles. The van der Waals surface area contributed by atoms with Crippen LogP contribution in [0, 0.1) is 18.8 Å². The number of piperidine rings is 1. The number of aliphatic imine (C=N–C) groups is 1. The molecule has 13 nitrogen and oxygen atoms in total. The summed E-state index contributed by atoms with van der Waals surface area (Å²) in [6, 6.07) is 20.1. The van der Waals surface area contributed by atoms with Crippen LogP contribution in [-0.2, 0) is 25.5 Å². The van der Waals surface area contributed by atoms with E-state index in [0.29, 0.717) is 56.6 Å². The molecule has 3 aromatic rings. The molecule has 1 heterocycles. The zero-order valence-corrected chi connectivity index (χ0v) is 37.1. The highest BCUT2D eigenvalue weighted by molar-refractivity contribution is 6.00. The van der Waals surface area contributed by atoms with Crippen molar-refractivity contribution in [3.05, 3.63) is 89.0 Å². The van der Waals surface area contributed by atoms with Gasteiger partial charge in [0.2, 0.25) is 11.8 Å². The first-order valence-corrected chi connectivity index (χ1v) is 21.6. The van der Waals surface area contributed by atoms with Crippen LogP contribution in [-0.4, -0.2) is 91.0 Å².